The van der Waals surface area contributed by atoms with Crippen LogP contribution in [0, 0.1) is 6.92 Å². The van der Waals surface area contributed by atoms with Gasteiger partial charge in [-0.2, -0.15) is 5.10 Å². The molecule has 0 unspecified atom stereocenters. The van der Waals surface area contributed by atoms with E-state index in [9.17, 15) is 0 Å². The molecular weight excluding hydrogens is 236 g/mol. The highest BCUT2D eigenvalue weighted by atomic mass is 35.5. The highest BCUT2D eigenvalue weighted by Crippen LogP contribution is 2.20. The lowest BCUT2D eigenvalue weighted by Gasteiger charge is -2.02. The number of aromatic nitrogens is 3. The van der Waals surface area contributed by atoms with Crippen LogP contribution in [-0.2, 0) is 19.9 Å². The van der Waals surface area contributed by atoms with Gasteiger partial charge in [0, 0.05) is 13.5 Å². The summed E-state index contributed by atoms with van der Waals surface area (Å²) in [7, 11) is 1.89. The molecule has 2 N–H and O–H groups in total. The van der Waals surface area contributed by atoms with Crippen LogP contribution in [0.2, 0.25) is 5.02 Å². The Hall–Kier alpha value is -1.55. The molecule has 0 fully saturated rings. The Morgan fingerprint density at radius 2 is 2.12 bits per heavy atom. The number of anilines is 1. The normalized spacial score (nSPS) is 10.8. The summed E-state index contributed by atoms with van der Waals surface area (Å²) in [5.41, 5.74) is 7.52. The van der Waals surface area contributed by atoms with Crippen molar-refractivity contribution >= 4 is 17.3 Å². The summed E-state index contributed by atoms with van der Waals surface area (Å²) >= 11 is 5.87. The molecule has 2 rings (SSSR count). The maximum Gasteiger partial charge on any atom is 0.151 e. The van der Waals surface area contributed by atoms with Crippen LogP contribution in [-0.4, -0.2) is 14.8 Å². The molecule has 1 heterocycles. The molecule has 5 heteroatoms. The molecule has 0 saturated heterocycles. The molecule has 0 bridgehead atoms. The zero-order valence-corrected chi connectivity index (χ0v) is 10.7. The van der Waals surface area contributed by atoms with Crippen molar-refractivity contribution in [2.75, 3.05) is 5.73 Å². The molecule has 1 aromatic heterocycles. The van der Waals surface area contributed by atoms with Gasteiger partial charge in [-0.15, -0.1) is 0 Å². The molecule has 0 radical (unpaired) electrons. The Morgan fingerprint density at radius 3 is 2.71 bits per heavy atom. The molecule has 0 aliphatic heterocycles. The summed E-state index contributed by atoms with van der Waals surface area (Å²) in [6.45, 7) is 1.94. The minimum atomic E-state index is 0.598. The molecule has 0 spiro atoms. The van der Waals surface area contributed by atoms with Crippen molar-refractivity contribution in [1.29, 1.82) is 0 Å². The Balaban J connectivity index is 2.04. The van der Waals surface area contributed by atoms with E-state index in [1.54, 1.807) is 4.68 Å². The van der Waals surface area contributed by atoms with E-state index in [0.717, 1.165) is 30.1 Å². The van der Waals surface area contributed by atoms with Gasteiger partial charge in [0.05, 0.1) is 10.7 Å². The fourth-order valence-corrected chi connectivity index (χ4v) is 1.76. The second-order valence-electron chi connectivity index (χ2n) is 4.05. The van der Waals surface area contributed by atoms with Gasteiger partial charge in [-0.25, -0.2) is 4.98 Å². The lowest BCUT2D eigenvalue weighted by atomic mass is 10.1. The van der Waals surface area contributed by atoms with E-state index in [4.69, 9.17) is 17.3 Å². The van der Waals surface area contributed by atoms with Gasteiger partial charge in [-0.1, -0.05) is 17.7 Å². The highest BCUT2D eigenvalue weighted by molar-refractivity contribution is 6.33. The molecule has 4 nitrogen and oxygen atoms in total. The van der Waals surface area contributed by atoms with Crippen molar-refractivity contribution in [2.45, 2.75) is 19.8 Å². The Morgan fingerprint density at radius 1 is 1.35 bits per heavy atom. The van der Waals surface area contributed by atoms with Gasteiger partial charge in [0.2, 0.25) is 0 Å². The molecule has 1 aromatic carbocycles. The van der Waals surface area contributed by atoms with Crippen molar-refractivity contribution in [1.82, 2.24) is 14.8 Å². The molecule has 17 heavy (non-hydrogen) atoms. The second-order valence-corrected chi connectivity index (χ2v) is 4.46. The molecule has 0 saturated carbocycles. The Bertz CT molecular complexity index is 514. The first kappa shape index (κ1) is 11.9. The third-order valence-corrected chi connectivity index (χ3v) is 3.07. The first-order valence-corrected chi connectivity index (χ1v) is 5.84. The summed E-state index contributed by atoms with van der Waals surface area (Å²) in [6.07, 6.45) is 1.67. The zero-order chi connectivity index (χ0) is 12.4. The van der Waals surface area contributed by atoms with E-state index in [1.807, 2.05) is 32.2 Å². The largest absolute Gasteiger partial charge is 0.398 e. The number of nitrogens with two attached hydrogens (primary N) is 1. The van der Waals surface area contributed by atoms with Crippen molar-refractivity contribution in [2.24, 2.45) is 7.05 Å². The number of benzene rings is 1. The van der Waals surface area contributed by atoms with Crippen LogP contribution in [0.15, 0.2) is 18.2 Å². The van der Waals surface area contributed by atoms with Crippen molar-refractivity contribution in [3.63, 3.8) is 0 Å². The fraction of sp³-hybridized carbons (Fsp3) is 0.333. The van der Waals surface area contributed by atoms with E-state index in [2.05, 4.69) is 10.1 Å². The molecule has 0 amide bonds. The predicted octanol–water partition coefficient (Wildman–Crippen LogP) is 2.14. The summed E-state index contributed by atoms with van der Waals surface area (Å²) in [6, 6.07) is 5.70. The van der Waals surface area contributed by atoms with Crippen LogP contribution in [0.3, 0.4) is 0 Å². The number of halogens is 1. The minimum absolute atomic E-state index is 0.598. The SMILES string of the molecule is Cc1nc(CCc2ccc(Cl)c(N)c2)nn1C. The maximum atomic E-state index is 5.87. The van der Waals surface area contributed by atoms with Gasteiger partial charge in [-0.05, 0) is 31.0 Å². The summed E-state index contributed by atoms with van der Waals surface area (Å²) in [4.78, 5) is 4.36. The van der Waals surface area contributed by atoms with Crippen LogP contribution in [0.4, 0.5) is 5.69 Å². The van der Waals surface area contributed by atoms with E-state index >= 15 is 0 Å². The number of nitrogens with zero attached hydrogens (tertiary/aromatic N) is 3. The number of aryl methyl sites for hydroxylation is 4. The summed E-state index contributed by atoms with van der Waals surface area (Å²) in [5.74, 6) is 1.79. The van der Waals surface area contributed by atoms with Crippen molar-refractivity contribution in [3.05, 3.63) is 40.4 Å². The van der Waals surface area contributed by atoms with Gasteiger partial charge in [-0.3, -0.25) is 4.68 Å². The van der Waals surface area contributed by atoms with E-state index in [1.165, 1.54) is 0 Å². The quantitative estimate of drug-likeness (QED) is 0.850. The number of hydrogen-bond acceptors (Lipinski definition) is 3. The Kier molecular flexibility index (Phi) is 3.33. The molecule has 0 aliphatic rings. The Labute approximate surface area is 105 Å². The monoisotopic (exact) mass is 250 g/mol. The highest BCUT2D eigenvalue weighted by Gasteiger charge is 2.04. The first-order chi connectivity index (χ1) is 8.06. The lowest BCUT2D eigenvalue weighted by Crippen LogP contribution is -1.97. The molecule has 0 atom stereocenters. The van der Waals surface area contributed by atoms with Crippen LogP contribution < -0.4 is 5.73 Å². The predicted molar refractivity (Wildman–Crippen MR) is 69.0 cm³/mol. The molecule has 2 aromatic rings. The zero-order valence-electron chi connectivity index (χ0n) is 9.94. The van der Waals surface area contributed by atoms with Gasteiger partial charge < -0.3 is 5.73 Å². The van der Waals surface area contributed by atoms with Gasteiger partial charge in [0.25, 0.3) is 0 Å². The third-order valence-electron chi connectivity index (χ3n) is 2.72. The molecule has 0 aliphatic carbocycles. The average molecular weight is 251 g/mol. The van der Waals surface area contributed by atoms with Crippen molar-refractivity contribution < 1.29 is 0 Å². The average Bonchev–Trinajstić information content (AvgIpc) is 2.60. The first-order valence-electron chi connectivity index (χ1n) is 5.46. The minimum Gasteiger partial charge on any atom is -0.398 e. The maximum absolute atomic E-state index is 5.87. The smallest absolute Gasteiger partial charge is 0.151 e. The van der Waals surface area contributed by atoms with E-state index in [-0.39, 0.29) is 0 Å². The topological polar surface area (TPSA) is 56.7 Å². The lowest BCUT2D eigenvalue weighted by molar-refractivity contribution is 0.716. The third kappa shape index (κ3) is 2.77. The number of rotatable bonds is 3. The standard InChI is InChI=1S/C12H15ClN4/c1-8-15-12(16-17(8)2)6-4-9-3-5-10(13)11(14)7-9/h3,5,7H,4,6,14H2,1-2H3. The molecule has 90 valence electrons. The second kappa shape index (κ2) is 4.75. The van der Waals surface area contributed by atoms with Crippen LogP contribution in [0.25, 0.3) is 0 Å². The van der Waals surface area contributed by atoms with E-state index in [0.29, 0.717) is 10.7 Å². The number of hydrogen-bond donors (Lipinski definition) is 1. The number of nitrogen functional groups attached to an aromatic ring is 1. The van der Waals surface area contributed by atoms with Crippen LogP contribution in [0.5, 0.6) is 0 Å². The summed E-state index contributed by atoms with van der Waals surface area (Å²) < 4.78 is 1.78. The fourth-order valence-electron chi connectivity index (χ4n) is 1.64. The van der Waals surface area contributed by atoms with Gasteiger partial charge >= 0.3 is 0 Å². The van der Waals surface area contributed by atoms with Crippen LogP contribution in [0.1, 0.15) is 17.2 Å². The summed E-state index contributed by atoms with van der Waals surface area (Å²) in [5, 5.41) is 4.91. The van der Waals surface area contributed by atoms with Crippen molar-refractivity contribution in [3.8, 4) is 0 Å². The van der Waals surface area contributed by atoms with Gasteiger partial charge in [0.15, 0.2) is 5.82 Å². The van der Waals surface area contributed by atoms with E-state index < -0.39 is 0 Å². The van der Waals surface area contributed by atoms with Crippen LogP contribution >= 0.6 is 11.6 Å². The van der Waals surface area contributed by atoms with Gasteiger partial charge in [0.1, 0.15) is 5.82 Å². The molecular formula is C12H15ClN4.